The molecule has 32 heavy (non-hydrogen) atoms. The first-order chi connectivity index (χ1) is 15.1. The summed E-state index contributed by atoms with van der Waals surface area (Å²) in [5.41, 5.74) is -0.0205. The molecule has 0 aliphatic rings. The van der Waals surface area contributed by atoms with E-state index >= 15 is 0 Å². The van der Waals surface area contributed by atoms with E-state index in [4.69, 9.17) is 9.47 Å². The summed E-state index contributed by atoms with van der Waals surface area (Å²) in [4.78, 5) is 41.0. The van der Waals surface area contributed by atoms with E-state index in [-0.39, 0.29) is 29.4 Å². The van der Waals surface area contributed by atoms with Crippen molar-refractivity contribution in [3.63, 3.8) is 0 Å². The Labute approximate surface area is 187 Å². The number of nitrogens with zero attached hydrogens (tertiary/aromatic N) is 2. The van der Waals surface area contributed by atoms with Gasteiger partial charge in [-0.15, -0.1) is 11.3 Å². The molecule has 0 aliphatic heterocycles. The molecule has 0 spiro atoms. The number of methoxy groups -OCH3 is 1. The van der Waals surface area contributed by atoms with Gasteiger partial charge in [-0.1, -0.05) is 0 Å². The molecule has 0 N–H and O–H groups in total. The summed E-state index contributed by atoms with van der Waals surface area (Å²) < 4.78 is 30.9. The van der Waals surface area contributed by atoms with E-state index in [1.165, 1.54) is 41.5 Å². The Kier molecular flexibility index (Phi) is 7.05. The fourth-order valence-electron chi connectivity index (χ4n) is 3.23. The number of carbonyl (C=O) groups is 3. The number of thiazole rings is 1. The largest absolute Gasteiger partial charge is 0.464 e. The Hall–Kier alpha value is -3.11. The first kappa shape index (κ1) is 23.6. The first-order valence-electron chi connectivity index (χ1n) is 9.81. The molecule has 2 heterocycles. The summed E-state index contributed by atoms with van der Waals surface area (Å²) in [5, 5.41) is 1.99. The van der Waals surface area contributed by atoms with Gasteiger partial charge in [0.15, 0.2) is 17.4 Å². The van der Waals surface area contributed by atoms with Gasteiger partial charge in [0.1, 0.15) is 5.82 Å². The standard InChI is InChI=1S/C22H23FN2O6S/c1-5-31-22(2,3)9-18(26)30-12-25-10-15(14-7-6-13(23)8-17(14)25)19(27)20-24-16(11-32-20)21(28)29-4/h6-8,10-11H,5,9,12H2,1-4H3. The molecule has 3 aromatic rings. The highest BCUT2D eigenvalue weighted by Crippen LogP contribution is 2.26. The lowest BCUT2D eigenvalue weighted by molar-refractivity contribution is -0.153. The van der Waals surface area contributed by atoms with Crippen LogP contribution in [-0.2, 0) is 25.7 Å². The number of ether oxygens (including phenoxy) is 3. The monoisotopic (exact) mass is 462 g/mol. The smallest absolute Gasteiger partial charge is 0.357 e. The van der Waals surface area contributed by atoms with Gasteiger partial charge in [0, 0.05) is 23.6 Å². The lowest BCUT2D eigenvalue weighted by Gasteiger charge is -2.23. The number of carbonyl (C=O) groups excluding carboxylic acids is 3. The third-order valence-corrected chi connectivity index (χ3v) is 5.49. The minimum Gasteiger partial charge on any atom is -0.464 e. The molecule has 0 saturated carbocycles. The molecular formula is C22H23FN2O6S. The number of ketones is 1. The zero-order chi connectivity index (χ0) is 23.5. The third kappa shape index (κ3) is 5.20. The maximum atomic E-state index is 13.9. The fraction of sp³-hybridized carbons (Fsp3) is 0.364. The Bertz CT molecular complexity index is 1170. The maximum Gasteiger partial charge on any atom is 0.357 e. The van der Waals surface area contributed by atoms with Crippen molar-refractivity contribution in [3.8, 4) is 0 Å². The summed E-state index contributed by atoms with van der Waals surface area (Å²) in [7, 11) is 1.22. The van der Waals surface area contributed by atoms with Gasteiger partial charge in [0.05, 0.1) is 30.2 Å². The van der Waals surface area contributed by atoms with Gasteiger partial charge >= 0.3 is 11.9 Å². The van der Waals surface area contributed by atoms with E-state index in [0.717, 1.165) is 11.3 Å². The summed E-state index contributed by atoms with van der Waals surface area (Å²) in [6.45, 7) is 5.65. The van der Waals surface area contributed by atoms with E-state index in [0.29, 0.717) is 17.5 Å². The SMILES string of the molecule is CCOC(C)(C)CC(=O)OCn1cc(C(=O)c2nc(C(=O)OC)cs2)c2ccc(F)cc21. The number of esters is 2. The lowest BCUT2D eigenvalue weighted by Crippen LogP contribution is -2.29. The van der Waals surface area contributed by atoms with Gasteiger partial charge < -0.3 is 18.8 Å². The minimum atomic E-state index is -0.681. The van der Waals surface area contributed by atoms with Crippen LogP contribution in [0.2, 0.25) is 0 Å². The lowest BCUT2D eigenvalue weighted by atomic mass is 10.1. The number of aromatic nitrogens is 2. The molecule has 0 saturated heterocycles. The van der Waals surface area contributed by atoms with Crippen LogP contribution in [0.1, 0.15) is 53.0 Å². The topological polar surface area (TPSA) is 96.7 Å². The van der Waals surface area contributed by atoms with Crippen LogP contribution in [0.4, 0.5) is 4.39 Å². The summed E-state index contributed by atoms with van der Waals surface area (Å²) >= 11 is 1.00. The van der Waals surface area contributed by atoms with E-state index in [9.17, 15) is 18.8 Å². The van der Waals surface area contributed by atoms with Crippen molar-refractivity contribution in [2.75, 3.05) is 13.7 Å². The fourth-order valence-corrected chi connectivity index (χ4v) is 3.97. The maximum absolute atomic E-state index is 13.9. The van der Waals surface area contributed by atoms with Crippen LogP contribution in [0.25, 0.3) is 10.9 Å². The molecule has 170 valence electrons. The summed E-state index contributed by atoms with van der Waals surface area (Å²) in [5.74, 6) is -2.07. The highest BCUT2D eigenvalue weighted by atomic mass is 32.1. The molecular weight excluding hydrogens is 439 g/mol. The molecule has 0 atom stereocenters. The molecule has 2 aromatic heterocycles. The van der Waals surface area contributed by atoms with Gasteiger partial charge in [0.2, 0.25) is 5.78 Å². The highest BCUT2D eigenvalue weighted by Gasteiger charge is 2.25. The van der Waals surface area contributed by atoms with Gasteiger partial charge in [-0.05, 0) is 39.0 Å². The molecule has 0 amide bonds. The number of hydrogen-bond acceptors (Lipinski definition) is 8. The first-order valence-corrected chi connectivity index (χ1v) is 10.7. The number of fused-ring (bicyclic) bond motifs is 1. The van der Waals surface area contributed by atoms with E-state index in [1.807, 2.05) is 6.92 Å². The van der Waals surface area contributed by atoms with Gasteiger partial charge in [-0.3, -0.25) is 9.59 Å². The van der Waals surface area contributed by atoms with E-state index in [1.54, 1.807) is 13.8 Å². The van der Waals surface area contributed by atoms with Crippen molar-refractivity contribution < 1.29 is 33.0 Å². The molecule has 0 bridgehead atoms. The average Bonchev–Trinajstić information content (AvgIpc) is 3.36. The third-order valence-electron chi connectivity index (χ3n) is 4.65. The van der Waals surface area contributed by atoms with Crippen LogP contribution in [0.15, 0.2) is 29.8 Å². The summed E-state index contributed by atoms with van der Waals surface area (Å²) in [6.07, 6.45) is 1.52. The van der Waals surface area contributed by atoms with Gasteiger partial charge in [-0.2, -0.15) is 0 Å². The molecule has 0 unspecified atom stereocenters. The highest BCUT2D eigenvalue weighted by molar-refractivity contribution is 7.12. The van der Waals surface area contributed by atoms with E-state index < -0.39 is 29.1 Å². The number of hydrogen-bond donors (Lipinski definition) is 0. The van der Waals surface area contributed by atoms with Crippen LogP contribution in [0, 0.1) is 5.82 Å². The van der Waals surface area contributed by atoms with Crippen molar-refractivity contribution in [1.82, 2.24) is 9.55 Å². The van der Waals surface area contributed by atoms with Crippen molar-refractivity contribution in [1.29, 1.82) is 0 Å². The normalized spacial score (nSPS) is 11.5. The van der Waals surface area contributed by atoms with Crippen LogP contribution in [-0.4, -0.2) is 46.6 Å². The predicted molar refractivity (Wildman–Crippen MR) is 115 cm³/mol. The summed E-state index contributed by atoms with van der Waals surface area (Å²) in [6, 6.07) is 3.97. The number of rotatable bonds is 9. The van der Waals surface area contributed by atoms with Crippen LogP contribution in [0.5, 0.6) is 0 Å². The second kappa shape index (κ2) is 9.58. The zero-order valence-corrected chi connectivity index (χ0v) is 19.0. The van der Waals surface area contributed by atoms with Crippen molar-refractivity contribution in [2.24, 2.45) is 0 Å². The second-order valence-electron chi connectivity index (χ2n) is 7.55. The molecule has 0 fully saturated rings. The zero-order valence-electron chi connectivity index (χ0n) is 18.1. The molecule has 10 heteroatoms. The Morgan fingerprint density at radius 2 is 2.00 bits per heavy atom. The van der Waals surface area contributed by atoms with Crippen molar-refractivity contribution in [3.05, 3.63) is 51.9 Å². The average molecular weight is 462 g/mol. The Balaban J connectivity index is 1.87. The Morgan fingerprint density at radius 1 is 1.25 bits per heavy atom. The molecule has 0 radical (unpaired) electrons. The number of halogens is 1. The van der Waals surface area contributed by atoms with E-state index in [2.05, 4.69) is 9.72 Å². The number of benzene rings is 1. The molecule has 0 aliphatic carbocycles. The Morgan fingerprint density at radius 3 is 2.69 bits per heavy atom. The van der Waals surface area contributed by atoms with Crippen molar-refractivity contribution >= 4 is 40.0 Å². The second-order valence-corrected chi connectivity index (χ2v) is 8.41. The minimum absolute atomic E-state index is 0.0291. The predicted octanol–water partition coefficient (Wildman–Crippen LogP) is 3.96. The van der Waals surface area contributed by atoms with Crippen molar-refractivity contribution in [2.45, 2.75) is 39.5 Å². The van der Waals surface area contributed by atoms with Crippen LogP contribution >= 0.6 is 11.3 Å². The van der Waals surface area contributed by atoms with Crippen LogP contribution in [0.3, 0.4) is 0 Å². The quantitative estimate of drug-likeness (QED) is 0.351. The van der Waals surface area contributed by atoms with Gasteiger partial charge in [0.25, 0.3) is 0 Å². The van der Waals surface area contributed by atoms with Gasteiger partial charge in [-0.25, -0.2) is 14.2 Å². The molecule has 8 nitrogen and oxygen atoms in total. The van der Waals surface area contributed by atoms with Crippen LogP contribution < -0.4 is 0 Å². The molecule has 3 rings (SSSR count). The molecule has 1 aromatic carbocycles.